The third kappa shape index (κ3) is 2.76. The topological polar surface area (TPSA) is 112 Å². The molecule has 2 bridgehead atoms. The molecule has 3 saturated carbocycles. The van der Waals surface area contributed by atoms with Gasteiger partial charge in [-0.2, -0.15) is 0 Å². The van der Waals surface area contributed by atoms with Crippen LogP contribution in [0.1, 0.15) is 86.0 Å². The van der Waals surface area contributed by atoms with Crippen molar-refractivity contribution in [2.24, 2.45) is 28.6 Å². The highest BCUT2D eigenvalue weighted by molar-refractivity contribution is 5.90. The molecule has 210 valence electrons. The molecule has 8 heteroatoms. The Bertz CT molecular complexity index is 1120. The Labute approximate surface area is 224 Å². The van der Waals surface area contributed by atoms with Crippen molar-refractivity contribution in [3.05, 3.63) is 11.6 Å². The fourth-order valence-corrected chi connectivity index (χ4v) is 11.1. The number of fused-ring (bicyclic) bond motifs is 1. The van der Waals surface area contributed by atoms with Crippen LogP contribution >= 0.6 is 0 Å². The van der Waals surface area contributed by atoms with Crippen molar-refractivity contribution < 1.29 is 38.7 Å². The molecule has 3 saturated heterocycles. The fourth-order valence-electron chi connectivity index (χ4n) is 11.1. The maximum atomic E-state index is 12.5. The van der Waals surface area contributed by atoms with E-state index in [0.29, 0.717) is 25.0 Å². The van der Waals surface area contributed by atoms with Gasteiger partial charge in [-0.1, -0.05) is 13.8 Å². The molecule has 7 rings (SSSR count). The van der Waals surface area contributed by atoms with Crippen LogP contribution in [0, 0.1) is 28.6 Å². The summed E-state index contributed by atoms with van der Waals surface area (Å²) in [5.41, 5.74) is -2.68. The number of esters is 2. The van der Waals surface area contributed by atoms with Gasteiger partial charge >= 0.3 is 11.9 Å². The first-order valence-corrected chi connectivity index (χ1v) is 14.6. The van der Waals surface area contributed by atoms with E-state index in [1.165, 1.54) is 0 Å². The molecule has 7 aliphatic rings. The average Bonchev–Trinajstić information content (AvgIpc) is 3.51. The van der Waals surface area contributed by atoms with E-state index < -0.39 is 34.6 Å². The number of hydrogen-bond acceptors (Lipinski definition) is 8. The van der Waals surface area contributed by atoms with Gasteiger partial charge in [0.2, 0.25) is 0 Å². The minimum absolute atomic E-state index is 0.00430. The van der Waals surface area contributed by atoms with Crippen LogP contribution < -0.4 is 0 Å². The summed E-state index contributed by atoms with van der Waals surface area (Å²) in [6.45, 7) is 10.8. The molecule has 2 N–H and O–H groups in total. The number of carbonyl (C=O) groups is 2. The third-order valence-electron chi connectivity index (χ3n) is 12.9. The number of carbonyl (C=O) groups excluding carboxylic acids is 2. The monoisotopic (exact) mass is 530 g/mol. The molecular formula is C30H42O8. The lowest BCUT2D eigenvalue weighted by Gasteiger charge is -2.58. The summed E-state index contributed by atoms with van der Waals surface area (Å²) >= 11 is 0. The Morgan fingerprint density at radius 2 is 1.79 bits per heavy atom. The Morgan fingerprint density at radius 3 is 2.45 bits per heavy atom. The Balaban J connectivity index is 1.24. The summed E-state index contributed by atoms with van der Waals surface area (Å²) in [6.07, 6.45) is 5.30. The Hall–Kier alpha value is -1.48. The number of cyclic esters (lactones) is 1. The van der Waals surface area contributed by atoms with Crippen molar-refractivity contribution in [1.82, 2.24) is 0 Å². The second-order valence-corrected chi connectivity index (χ2v) is 14.5. The molecule has 8 nitrogen and oxygen atoms in total. The van der Waals surface area contributed by atoms with Gasteiger partial charge in [0, 0.05) is 34.7 Å². The van der Waals surface area contributed by atoms with E-state index in [1.807, 2.05) is 6.92 Å². The molecule has 4 aliphatic heterocycles. The van der Waals surface area contributed by atoms with Crippen molar-refractivity contribution in [1.29, 1.82) is 0 Å². The van der Waals surface area contributed by atoms with Crippen LogP contribution in [-0.2, 0) is 28.5 Å². The van der Waals surface area contributed by atoms with Crippen LogP contribution in [0.15, 0.2) is 11.6 Å². The summed E-state index contributed by atoms with van der Waals surface area (Å²) in [4.78, 5) is 24.6. The lowest BCUT2D eigenvalue weighted by Crippen LogP contribution is -2.62. The van der Waals surface area contributed by atoms with Gasteiger partial charge in [-0.05, 0) is 71.3 Å². The van der Waals surface area contributed by atoms with Gasteiger partial charge in [0.1, 0.15) is 17.8 Å². The van der Waals surface area contributed by atoms with E-state index in [1.54, 1.807) is 13.0 Å². The van der Waals surface area contributed by atoms with Crippen molar-refractivity contribution in [2.45, 2.75) is 127 Å². The van der Waals surface area contributed by atoms with E-state index in [4.69, 9.17) is 18.9 Å². The van der Waals surface area contributed by atoms with Crippen LogP contribution in [-0.4, -0.2) is 69.5 Å². The zero-order valence-corrected chi connectivity index (χ0v) is 23.2. The van der Waals surface area contributed by atoms with Crippen LogP contribution in [0.25, 0.3) is 0 Å². The normalized spacial score (nSPS) is 53.7. The molecule has 0 aromatic rings. The first-order valence-electron chi connectivity index (χ1n) is 14.6. The third-order valence-corrected chi connectivity index (χ3v) is 12.9. The van der Waals surface area contributed by atoms with Gasteiger partial charge in [-0.15, -0.1) is 0 Å². The van der Waals surface area contributed by atoms with Crippen molar-refractivity contribution in [3.8, 4) is 0 Å². The van der Waals surface area contributed by atoms with Gasteiger partial charge in [0.05, 0.1) is 35.9 Å². The molecule has 11 atom stereocenters. The molecular weight excluding hydrogens is 488 g/mol. The standard InChI is InChI=1S/C30H42O8/c1-16-12-18(36-24(16)33)23(32)17(2)30-11-9-27(15-35-30)20-7-6-19-25(3,4)37-21-13-22(31)38-29(19,21)14-28(20,34)10-8-26(27,30)5/h12,17-21,23,32,34H,6-11,13-15H2,1-5H3/t17-,18+,19+,20+,21-,23+,26+,27-,28+,29-,30+/m1/s1. The van der Waals surface area contributed by atoms with E-state index >= 15 is 0 Å². The van der Waals surface area contributed by atoms with Gasteiger partial charge in [0.25, 0.3) is 0 Å². The first kappa shape index (κ1) is 25.5. The second kappa shape index (κ2) is 7.42. The molecule has 0 amide bonds. The fraction of sp³-hybridized carbons (Fsp3) is 0.867. The minimum atomic E-state index is -0.979. The predicted octanol–water partition coefficient (Wildman–Crippen LogP) is 3.21. The summed E-state index contributed by atoms with van der Waals surface area (Å²) < 4.78 is 24.9. The highest BCUT2D eigenvalue weighted by Crippen LogP contribution is 2.78. The minimum Gasteiger partial charge on any atom is -0.456 e. The predicted molar refractivity (Wildman–Crippen MR) is 135 cm³/mol. The zero-order chi connectivity index (χ0) is 27.1. The van der Waals surface area contributed by atoms with Gasteiger partial charge in [0.15, 0.2) is 0 Å². The lowest BCUT2D eigenvalue weighted by molar-refractivity contribution is -0.190. The molecule has 0 aromatic carbocycles. The van der Waals surface area contributed by atoms with E-state index in [9.17, 15) is 19.8 Å². The number of aliphatic hydroxyl groups is 2. The lowest BCUT2D eigenvalue weighted by atomic mass is 9.46. The number of rotatable bonds is 3. The summed E-state index contributed by atoms with van der Waals surface area (Å²) in [6, 6.07) is 0. The Kier molecular flexibility index (Phi) is 4.98. The number of aliphatic hydroxyl groups excluding tert-OH is 1. The van der Waals surface area contributed by atoms with E-state index in [0.717, 1.165) is 32.1 Å². The van der Waals surface area contributed by atoms with Gasteiger partial charge in [-0.25, -0.2) is 4.79 Å². The number of hydrogen-bond donors (Lipinski definition) is 2. The highest BCUT2D eigenvalue weighted by Gasteiger charge is 2.80. The number of ether oxygens (including phenoxy) is 4. The second-order valence-electron chi connectivity index (χ2n) is 14.5. The SMILES string of the molecule is CC1=C[C@@H]([C@@H](O)[C@@H](C)[C@]23CC[C@@]4(CO2)[C@@H]2CC[C@H]5C(C)(C)O[C@@H]6CC(=O)O[C@@]65C[C@@]2(O)CC[C@@]43C)OC1=O. The van der Waals surface area contributed by atoms with Gasteiger partial charge in [-0.3, -0.25) is 4.79 Å². The van der Waals surface area contributed by atoms with Crippen molar-refractivity contribution >= 4 is 11.9 Å². The smallest absolute Gasteiger partial charge is 0.334 e. The summed E-state index contributed by atoms with van der Waals surface area (Å²) in [7, 11) is 0. The maximum Gasteiger partial charge on any atom is 0.334 e. The summed E-state index contributed by atoms with van der Waals surface area (Å²) in [5.74, 6) is -0.809. The molecule has 4 heterocycles. The largest absolute Gasteiger partial charge is 0.456 e. The van der Waals surface area contributed by atoms with E-state index in [2.05, 4.69) is 20.8 Å². The van der Waals surface area contributed by atoms with Crippen LogP contribution in [0.5, 0.6) is 0 Å². The summed E-state index contributed by atoms with van der Waals surface area (Å²) in [5, 5.41) is 24.0. The Morgan fingerprint density at radius 1 is 1.05 bits per heavy atom. The molecule has 0 radical (unpaired) electrons. The molecule has 0 aromatic heterocycles. The molecule has 3 aliphatic carbocycles. The molecule has 38 heavy (non-hydrogen) atoms. The molecule has 6 fully saturated rings. The van der Waals surface area contributed by atoms with Crippen molar-refractivity contribution in [3.63, 3.8) is 0 Å². The van der Waals surface area contributed by atoms with Crippen LogP contribution in [0.2, 0.25) is 0 Å². The van der Waals surface area contributed by atoms with Crippen molar-refractivity contribution in [2.75, 3.05) is 6.61 Å². The molecule has 0 unspecified atom stereocenters. The highest BCUT2D eigenvalue weighted by atomic mass is 16.6. The first-order chi connectivity index (χ1) is 17.7. The van der Waals surface area contributed by atoms with Crippen LogP contribution in [0.3, 0.4) is 0 Å². The average molecular weight is 531 g/mol. The maximum absolute atomic E-state index is 12.5. The molecule has 1 spiro atoms. The quantitative estimate of drug-likeness (QED) is 0.535. The zero-order valence-electron chi connectivity index (χ0n) is 23.2. The van der Waals surface area contributed by atoms with Crippen LogP contribution in [0.4, 0.5) is 0 Å². The van der Waals surface area contributed by atoms with Gasteiger partial charge < -0.3 is 29.2 Å². The van der Waals surface area contributed by atoms with E-state index in [-0.39, 0.29) is 53.0 Å².